The lowest BCUT2D eigenvalue weighted by Crippen LogP contribution is -2.57. The Labute approximate surface area is 211 Å². The minimum absolute atomic E-state index is 0.0306. The van der Waals surface area contributed by atoms with E-state index >= 15 is 0 Å². The molecule has 4 rings (SSSR count). The number of esters is 2. The average molecular weight is 544 g/mol. The summed E-state index contributed by atoms with van der Waals surface area (Å²) in [5.74, 6) is -0.688. The molecule has 35 heavy (non-hydrogen) atoms. The highest BCUT2D eigenvalue weighted by Crippen LogP contribution is 2.55. The number of rotatable bonds is 7. The molecular weight excluding hydrogens is 518 g/mol. The maximum Gasteiger partial charge on any atom is 0.326 e. The van der Waals surface area contributed by atoms with E-state index in [1.165, 1.54) is 19.3 Å². The van der Waals surface area contributed by atoms with Crippen LogP contribution in [0.15, 0.2) is 75.6 Å². The first-order valence-corrected chi connectivity index (χ1v) is 11.8. The molecule has 9 heteroatoms. The molecule has 0 amide bonds. The molecule has 8 nitrogen and oxygen atoms in total. The van der Waals surface area contributed by atoms with E-state index in [2.05, 4.69) is 15.9 Å². The van der Waals surface area contributed by atoms with Crippen molar-refractivity contribution < 1.29 is 33.1 Å². The van der Waals surface area contributed by atoms with Gasteiger partial charge in [0.25, 0.3) is 0 Å². The maximum absolute atomic E-state index is 13.6. The molecule has 0 saturated carbocycles. The first kappa shape index (κ1) is 25.0. The fourth-order valence-corrected chi connectivity index (χ4v) is 5.02. The van der Waals surface area contributed by atoms with Crippen LogP contribution in [0.1, 0.15) is 35.7 Å². The molecule has 2 aromatic carbocycles. The number of carbonyl (C=O) groups is 2. The number of halogens is 1. The van der Waals surface area contributed by atoms with Crippen LogP contribution in [0.5, 0.6) is 0 Å². The van der Waals surface area contributed by atoms with Crippen LogP contribution in [0.4, 0.5) is 5.69 Å². The SMILES string of the molecule is COCc1cc(Br)c([C@@H]2N(c3ccccc3)O[C@H](c3ccccc3)CC2(C(=O)OC)C(=O)OC)o1. The van der Waals surface area contributed by atoms with Crippen LogP contribution >= 0.6 is 15.9 Å². The van der Waals surface area contributed by atoms with Crippen molar-refractivity contribution in [3.63, 3.8) is 0 Å². The highest BCUT2D eigenvalue weighted by atomic mass is 79.9. The number of hydrogen-bond acceptors (Lipinski definition) is 8. The molecule has 1 fully saturated rings. The second kappa shape index (κ2) is 10.6. The number of hydrogen-bond donors (Lipinski definition) is 0. The van der Waals surface area contributed by atoms with E-state index in [0.29, 0.717) is 21.7 Å². The fourth-order valence-electron chi connectivity index (χ4n) is 4.47. The number of furan rings is 1. The van der Waals surface area contributed by atoms with Crippen molar-refractivity contribution >= 4 is 33.6 Å². The van der Waals surface area contributed by atoms with Crippen LogP contribution in [0.25, 0.3) is 0 Å². The molecule has 0 N–H and O–H groups in total. The molecule has 2 heterocycles. The normalized spacial score (nSPS) is 19.3. The van der Waals surface area contributed by atoms with Crippen LogP contribution in [0, 0.1) is 5.41 Å². The molecule has 3 aromatic rings. The van der Waals surface area contributed by atoms with Gasteiger partial charge in [-0.05, 0) is 39.7 Å². The lowest BCUT2D eigenvalue weighted by molar-refractivity contribution is -0.187. The molecule has 0 radical (unpaired) electrons. The molecule has 184 valence electrons. The number of methoxy groups -OCH3 is 3. The molecular formula is C26H26BrNO7. The zero-order valence-corrected chi connectivity index (χ0v) is 21.2. The molecule has 0 spiro atoms. The van der Waals surface area contributed by atoms with E-state index in [0.717, 1.165) is 5.56 Å². The summed E-state index contributed by atoms with van der Waals surface area (Å²) in [7, 11) is 4.04. The van der Waals surface area contributed by atoms with Gasteiger partial charge in [-0.2, -0.15) is 0 Å². The first-order chi connectivity index (χ1) is 17.0. The van der Waals surface area contributed by atoms with E-state index in [4.69, 9.17) is 23.5 Å². The van der Waals surface area contributed by atoms with Gasteiger partial charge in [-0.3, -0.25) is 14.4 Å². The van der Waals surface area contributed by atoms with Crippen LogP contribution in [0.2, 0.25) is 0 Å². The van der Waals surface area contributed by atoms with Crippen molar-refractivity contribution in [1.29, 1.82) is 0 Å². The van der Waals surface area contributed by atoms with Gasteiger partial charge in [-0.25, -0.2) is 5.06 Å². The number of benzene rings is 2. The van der Waals surface area contributed by atoms with Crippen LogP contribution < -0.4 is 5.06 Å². The second-order valence-corrected chi connectivity index (χ2v) is 8.94. The predicted octanol–water partition coefficient (Wildman–Crippen LogP) is 5.15. The Morgan fingerprint density at radius 3 is 2.17 bits per heavy atom. The van der Waals surface area contributed by atoms with Gasteiger partial charge in [0.15, 0.2) is 5.41 Å². The molecule has 0 bridgehead atoms. The fraction of sp³-hybridized carbons (Fsp3) is 0.308. The smallest absolute Gasteiger partial charge is 0.326 e. The highest BCUT2D eigenvalue weighted by molar-refractivity contribution is 9.10. The van der Waals surface area contributed by atoms with Crippen molar-refractivity contribution in [1.82, 2.24) is 0 Å². The van der Waals surface area contributed by atoms with E-state index in [1.807, 2.05) is 60.7 Å². The van der Waals surface area contributed by atoms with Gasteiger partial charge in [-0.15, -0.1) is 0 Å². The number of carbonyl (C=O) groups excluding carboxylic acids is 2. The molecule has 1 aromatic heterocycles. The van der Waals surface area contributed by atoms with Crippen LogP contribution in [-0.4, -0.2) is 33.3 Å². The van der Waals surface area contributed by atoms with E-state index < -0.39 is 29.5 Å². The lowest BCUT2D eigenvalue weighted by atomic mass is 9.72. The Balaban J connectivity index is 1.98. The summed E-state index contributed by atoms with van der Waals surface area (Å²) in [6, 6.07) is 19.3. The summed E-state index contributed by atoms with van der Waals surface area (Å²) in [5.41, 5.74) is -0.405. The minimum atomic E-state index is -1.82. The minimum Gasteiger partial charge on any atom is -0.468 e. The number of nitrogens with zero attached hydrogens (tertiary/aromatic N) is 1. The summed E-state index contributed by atoms with van der Waals surface area (Å²) in [4.78, 5) is 33.7. The summed E-state index contributed by atoms with van der Waals surface area (Å²) in [6.07, 6.45) is -0.685. The van der Waals surface area contributed by atoms with Gasteiger partial charge in [0, 0.05) is 13.5 Å². The van der Waals surface area contributed by atoms with Crippen LogP contribution in [-0.2, 0) is 35.2 Å². The molecule has 0 aliphatic carbocycles. The number of ether oxygens (including phenoxy) is 3. The molecule has 1 aliphatic rings. The maximum atomic E-state index is 13.6. The Hall–Kier alpha value is -3.14. The Morgan fingerprint density at radius 2 is 1.60 bits per heavy atom. The van der Waals surface area contributed by atoms with Gasteiger partial charge in [0.1, 0.15) is 30.3 Å². The average Bonchev–Trinajstić information content (AvgIpc) is 3.27. The number of anilines is 1. The quantitative estimate of drug-likeness (QED) is 0.299. The third-order valence-corrected chi connectivity index (χ3v) is 6.65. The Morgan fingerprint density at radius 1 is 1.00 bits per heavy atom. The third kappa shape index (κ3) is 4.59. The Bertz CT molecular complexity index is 1150. The van der Waals surface area contributed by atoms with Gasteiger partial charge < -0.3 is 18.6 Å². The van der Waals surface area contributed by atoms with Crippen molar-refractivity contribution in [2.75, 3.05) is 26.4 Å². The molecule has 0 unspecified atom stereocenters. The first-order valence-electron chi connectivity index (χ1n) is 11.0. The van der Waals surface area contributed by atoms with Gasteiger partial charge in [0.05, 0.1) is 24.4 Å². The van der Waals surface area contributed by atoms with Crippen LogP contribution in [0.3, 0.4) is 0 Å². The molecule has 2 atom stereocenters. The predicted molar refractivity (Wildman–Crippen MR) is 130 cm³/mol. The van der Waals surface area contributed by atoms with Gasteiger partial charge in [0.2, 0.25) is 0 Å². The zero-order valence-electron chi connectivity index (χ0n) is 19.6. The standard InChI is InChI=1S/C26H26BrNO7/c1-31-16-19-14-20(27)22(34-19)23-26(24(29)32-2,25(30)33-3)15-21(17-10-6-4-7-11-17)35-28(23)18-12-8-5-9-13-18/h4-14,21,23H,15-16H2,1-3H3/t21-,23-/m0/s1. The monoisotopic (exact) mass is 543 g/mol. The van der Waals surface area contributed by atoms with Crippen molar-refractivity contribution in [2.45, 2.75) is 25.2 Å². The van der Waals surface area contributed by atoms with E-state index in [-0.39, 0.29) is 13.0 Å². The third-order valence-electron chi connectivity index (χ3n) is 6.03. The summed E-state index contributed by atoms with van der Waals surface area (Å²) in [5, 5.41) is 1.54. The van der Waals surface area contributed by atoms with E-state index in [9.17, 15) is 9.59 Å². The van der Waals surface area contributed by atoms with Crippen molar-refractivity contribution in [2.24, 2.45) is 5.41 Å². The Kier molecular flexibility index (Phi) is 7.59. The topological polar surface area (TPSA) is 87.4 Å². The van der Waals surface area contributed by atoms with Gasteiger partial charge >= 0.3 is 11.9 Å². The molecule has 1 aliphatic heterocycles. The summed E-state index contributed by atoms with van der Waals surface area (Å²) < 4.78 is 22.3. The van der Waals surface area contributed by atoms with Gasteiger partial charge in [-0.1, -0.05) is 48.5 Å². The van der Waals surface area contributed by atoms with E-state index in [1.54, 1.807) is 13.2 Å². The number of hydroxylamine groups is 1. The zero-order chi connectivity index (χ0) is 25.0. The van der Waals surface area contributed by atoms with Crippen molar-refractivity contribution in [3.8, 4) is 0 Å². The highest BCUT2D eigenvalue weighted by Gasteiger charge is 2.63. The summed E-state index contributed by atoms with van der Waals surface area (Å²) in [6.45, 7) is 0.202. The summed E-state index contributed by atoms with van der Waals surface area (Å²) >= 11 is 3.54. The second-order valence-electron chi connectivity index (χ2n) is 8.09. The largest absolute Gasteiger partial charge is 0.468 e. The van der Waals surface area contributed by atoms with Crippen molar-refractivity contribution in [3.05, 3.63) is 88.3 Å². The molecule has 1 saturated heterocycles. The lowest BCUT2D eigenvalue weighted by Gasteiger charge is -2.48. The number of para-hydroxylation sites is 1.